The molecule has 0 radical (unpaired) electrons. The number of hydrogen-bond acceptors (Lipinski definition) is 4. The third-order valence-electron chi connectivity index (χ3n) is 3.27. The van der Waals surface area contributed by atoms with Gasteiger partial charge in [0, 0.05) is 13.1 Å². The minimum atomic E-state index is -3.47. The Morgan fingerprint density at radius 3 is 2.68 bits per heavy atom. The Bertz CT molecular complexity index is 521. The van der Waals surface area contributed by atoms with Crippen LogP contribution in [0.5, 0.6) is 5.75 Å². The van der Waals surface area contributed by atoms with Gasteiger partial charge >= 0.3 is 0 Å². The van der Waals surface area contributed by atoms with Crippen LogP contribution in [0.2, 0.25) is 0 Å². The summed E-state index contributed by atoms with van der Waals surface area (Å²) in [7, 11) is -2.00. The van der Waals surface area contributed by atoms with Gasteiger partial charge in [-0.3, -0.25) is 0 Å². The molecule has 1 saturated heterocycles. The first-order valence-corrected chi connectivity index (χ1v) is 7.37. The average molecular weight is 307 g/mol. The molecule has 19 heavy (non-hydrogen) atoms. The van der Waals surface area contributed by atoms with E-state index in [1.807, 2.05) is 0 Å². The fourth-order valence-electron chi connectivity index (χ4n) is 2.18. The highest BCUT2D eigenvalue weighted by Gasteiger charge is 2.33. The number of benzene rings is 1. The van der Waals surface area contributed by atoms with Crippen molar-refractivity contribution in [2.45, 2.75) is 11.3 Å². The number of nitrogens with zero attached hydrogens (tertiary/aromatic N) is 1. The van der Waals surface area contributed by atoms with Crippen molar-refractivity contribution >= 4 is 22.4 Å². The van der Waals surface area contributed by atoms with Gasteiger partial charge in [-0.2, -0.15) is 4.31 Å². The monoisotopic (exact) mass is 306 g/mol. The van der Waals surface area contributed by atoms with Crippen molar-refractivity contribution in [3.05, 3.63) is 24.3 Å². The highest BCUT2D eigenvalue weighted by atomic mass is 35.5. The number of hydrogen-bond donors (Lipinski definition) is 1. The number of halogens is 1. The summed E-state index contributed by atoms with van der Waals surface area (Å²) in [6, 6.07) is 6.68. The number of rotatable bonds is 4. The topological polar surface area (TPSA) is 72.6 Å². The normalized spacial score (nSPS) is 20.0. The summed E-state index contributed by atoms with van der Waals surface area (Å²) in [4.78, 5) is 0.227. The average Bonchev–Trinajstić information content (AvgIpc) is 2.88. The Labute approximate surface area is 120 Å². The van der Waals surface area contributed by atoms with Crippen LogP contribution in [0.4, 0.5) is 0 Å². The molecule has 2 rings (SSSR count). The zero-order chi connectivity index (χ0) is 13.2. The second-order valence-corrected chi connectivity index (χ2v) is 6.31. The van der Waals surface area contributed by atoms with E-state index in [-0.39, 0.29) is 23.2 Å². The highest BCUT2D eigenvalue weighted by molar-refractivity contribution is 7.89. The van der Waals surface area contributed by atoms with Crippen molar-refractivity contribution in [3.8, 4) is 5.75 Å². The van der Waals surface area contributed by atoms with Crippen molar-refractivity contribution in [3.63, 3.8) is 0 Å². The molecule has 0 aromatic heterocycles. The molecule has 1 atom stereocenters. The smallest absolute Gasteiger partial charge is 0.246 e. The predicted octanol–water partition coefficient (Wildman–Crippen LogP) is 1.09. The molecule has 1 aromatic rings. The molecule has 5 nitrogen and oxygen atoms in total. The number of methoxy groups -OCH3 is 1. The van der Waals surface area contributed by atoms with Gasteiger partial charge in [0.15, 0.2) is 0 Å². The molecule has 0 saturated carbocycles. The van der Waals surface area contributed by atoms with E-state index in [1.54, 1.807) is 24.3 Å². The first-order valence-electron chi connectivity index (χ1n) is 5.93. The predicted molar refractivity (Wildman–Crippen MR) is 76.2 cm³/mol. The molecule has 1 heterocycles. The third kappa shape index (κ3) is 3.20. The molecule has 7 heteroatoms. The van der Waals surface area contributed by atoms with E-state index >= 15 is 0 Å². The van der Waals surface area contributed by atoms with Crippen molar-refractivity contribution in [1.82, 2.24) is 4.31 Å². The molecular formula is C12H19ClN2O3S. The summed E-state index contributed by atoms with van der Waals surface area (Å²) in [5.74, 6) is 0.642. The number of ether oxygens (including phenoxy) is 1. The molecule has 1 aliphatic rings. The lowest BCUT2D eigenvalue weighted by Crippen LogP contribution is -2.30. The molecule has 1 aromatic carbocycles. The minimum Gasteiger partial charge on any atom is -0.495 e. The number of sulfonamides is 1. The molecule has 0 bridgehead atoms. The van der Waals surface area contributed by atoms with E-state index < -0.39 is 10.0 Å². The maximum Gasteiger partial charge on any atom is 0.246 e. The van der Waals surface area contributed by atoms with Gasteiger partial charge in [0.25, 0.3) is 0 Å². The lowest BCUT2D eigenvalue weighted by atomic mass is 10.1. The first kappa shape index (κ1) is 16.2. The number of para-hydroxylation sites is 1. The van der Waals surface area contributed by atoms with Crippen molar-refractivity contribution < 1.29 is 13.2 Å². The first-order chi connectivity index (χ1) is 8.59. The van der Waals surface area contributed by atoms with Gasteiger partial charge in [0.1, 0.15) is 10.6 Å². The summed E-state index contributed by atoms with van der Waals surface area (Å²) in [6.07, 6.45) is 0.824. The molecule has 108 valence electrons. The van der Waals surface area contributed by atoms with Crippen LogP contribution in [0, 0.1) is 5.92 Å². The van der Waals surface area contributed by atoms with E-state index in [4.69, 9.17) is 10.5 Å². The fourth-order valence-corrected chi connectivity index (χ4v) is 3.87. The molecule has 1 unspecified atom stereocenters. The maximum atomic E-state index is 12.5. The Morgan fingerprint density at radius 2 is 2.11 bits per heavy atom. The van der Waals surface area contributed by atoms with Crippen molar-refractivity contribution in [2.24, 2.45) is 11.7 Å². The summed E-state index contributed by atoms with van der Waals surface area (Å²) < 4.78 is 31.6. The molecule has 0 spiro atoms. The lowest BCUT2D eigenvalue weighted by Gasteiger charge is -2.18. The number of nitrogens with two attached hydrogens (primary N) is 1. The Hall–Kier alpha value is -0.820. The molecule has 0 aliphatic carbocycles. The van der Waals surface area contributed by atoms with Crippen LogP contribution in [0.25, 0.3) is 0 Å². The Balaban J connectivity index is 0.00000180. The van der Waals surface area contributed by atoms with Crippen LogP contribution in [-0.2, 0) is 10.0 Å². The van der Waals surface area contributed by atoms with Gasteiger partial charge in [-0.25, -0.2) is 8.42 Å². The molecule has 0 amide bonds. The summed E-state index contributed by atoms with van der Waals surface area (Å²) in [5, 5.41) is 0. The van der Waals surface area contributed by atoms with E-state index in [9.17, 15) is 8.42 Å². The lowest BCUT2D eigenvalue weighted by molar-refractivity contribution is 0.397. The van der Waals surface area contributed by atoms with Crippen LogP contribution in [-0.4, -0.2) is 39.5 Å². The van der Waals surface area contributed by atoms with Gasteiger partial charge < -0.3 is 10.5 Å². The minimum absolute atomic E-state index is 0. The van der Waals surface area contributed by atoms with E-state index in [0.717, 1.165) is 6.42 Å². The summed E-state index contributed by atoms with van der Waals surface area (Å²) in [5.41, 5.74) is 5.59. The second-order valence-electron chi connectivity index (χ2n) is 4.40. The summed E-state index contributed by atoms with van der Waals surface area (Å²) >= 11 is 0. The van der Waals surface area contributed by atoms with Gasteiger partial charge in [0.2, 0.25) is 10.0 Å². The van der Waals surface area contributed by atoms with Gasteiger partial charge in [0.05, 0.1) is 7.11 Å². The van der Waals surface area contributed by atoms with Crippen LogP contribution in [0.15, 0.2) is 29.2 Å². The van der Waals surface area contributed by atoms with E-state index in [2.05, 4.69) is 0 Å². The molecule has 2 N–H and O–H groups in total. The van der Waals surface area contributed by atoms with Crippen LogP contribution < -0.4 is 10.5 Å². The van der Waals surface area contributed by atoms with Gasteiger partial charge in [-0.05, 0) is 31.0 Å². The van der Waals surface area contributed by atoms with E-state index in [1.165, 1.54) is 11.4 Å². The Kier molecular flexibility index (Phi) is 5.61. The highest BCUT2D eigenvalue weighted by Crippen LogP contribution is 2.29. The Morgan fingerprint density at radius 1 is 1.42 bits per heavy atom. The maximum absolute atomic E-state index is 12.5. The molecular weight excluding hydrogens is 288 g/mol. The SMILES string of the molecule is COc1ccccc1S(=O)(=O)N1CCC(CN)C1.Cl. The zero-order valence-electron chi connectivity index (χ0n) is 10.8. The van der Waals surface area contributed by atoms with E-state index in [0.29, 0.717) is 25.4 Å². The third-order valence-corrected chi connectivity index (χ3v) is 5.17. The van der Waals surface area contributed by atoms with Gasteiger partial charge in [-0.1, -0.05) is 12.1 Å². The quantitative estimate of drug-likeness (QED) is 0.903. The van der Waals surface area contributed by atoms with Crippen LogP contribution in [0.1, 0.15) is 6.42 Å². The van der Waals surface area contributed by atoms with Crippen molar-refractivity contribution in [1.29, 1.82) is 0 Å². The molecule has 1 aliphatic heterocycles. The van der Waals surface area contributed by atoms with Crippen LogP contribution >= 0.6 is 12.4 Å². The van der Waals surface area contributed by atoms with Crippen molar-refractivity contribution in [2.75, 3.05) is 26.7 Å². The zero-order valence-corrected chi connectivity index (χ0v) is 12.4. The fraction of sp³-hybridized carbons (Fsp3) is 0.500. The second kappa shape index (κ2) is 6.56. The van der Waals surface area contributed by atoms with Gasteiger partial charge in [-0.15, -0.1) is 12.4 Å². The summed E-state index contributed by atoms with van der Waals surface area (Å²) in [6.45, 7) is 1.55. The van der Waals surface area contributed by atoms with Crippen LogP contribution in [0.3, 0.4) is 0 Å². The standard InChI is InChI=1S/C12H18N2O3S.ClH/c1-17-11-4-2-3-5-12(11)18(15,16)14-7-6-10(8-13)9-14;/h2-5,10H,6-9,13H2,1H3;1H. The molecule has 1 fully saturated rings. The largest absolute Gasteiger partial charge is 0.495 e.